The highest BCUT2D eigenvalue weighted by Gasteiger charge is 2.31. The second-order valence-electron chi connectivity index (χ2n) is 7.45. The van der Waals surface area contributed by atoms with Crippen LogP contribution in [0.25, 0.3) is 11.1 Å². The van der Waals surface area contributed by atoms with Gasteiger partial charge < -0.3 is 10.0 Å². The lowest BCUT2D eigenvalue weighted by molar-refractivity contribution is 0.0296. The molecule has 0 unspecified atom stereocenters. The Morgan fingerprint density at radius 2 is 1.73 bits per heavy atom. The number of amides is 1. The molecule has 0 heterocycles. The Bertz CT molecular complexity index is 779. The molecule has 1 aliphatic carbocycles. The van der Waals surface area contributed by atoms with Crippen molar-refractivity contribution >= 4 is 5.91 Å². The van der Waals surface area contributed by atoms with E-state index in [0.717, 1.165) is 36.8 Å². The molecule has 1 saturated carbocycles. The Kier molecular flexibility index (Phi) is 5.42. The molecular formula is C22H26FNO2. The number of hydrogen-bond acceptors (Lipinski definition) is 2. The molecule has 138 valence electrons. The third-order valence-electron chi connectivity index (χ3n) is 5.43. The highest BCUT2D eigenvalue weighted by atomic mass is 19.1. The summed E-state index contributed by atoms with van der Waals surface area (Å²) in [4.78, 5) is 14.2. The van der Waals surface area contributed by atoms with E-state index in [4.69, 9.17) is 0 Å². The van der Waals surface area contributed by atoms with Crippen molar-refractivity contribution in [2.24, 2.45) is 0 Å². The number of benzene rings is 2. The number of halogens is 1. The molecule has 0 spiro atoms. The van der Waals surface area contributed by atoms with Crippen molar-refractivity contribution in [1.29, 1.82) is 0 Å². The fourth-order valence-electron chi connectivity index (χ4n) is 3.56. The zero-order valence-electron chi connectivity index (χ0n) is 15.5. The molecule has 26 heavy (non-hydrogen) atoms. The smallest absolute Gasteiger partial charge is 0.253 e. The average molecular weight is 355 g/mol. The van der Waals surface area contributed by atoms with Gasteiger partial charge in [-0.15, -0.1) is 0 Å². The van der Waals surface area contributed by atoms with Gasteiger partial charge in [0.15, 0.2) is 0 Å². The van der Waals surface area contributed by atoms with Crippen LogP contribution in [0.2, 0.25) is 0 Å². The van der Waals surface area contributed by atoms with E-state index < -0.39 is 5.60 Å². The highest BCUT2D eigenvalue weighted by Crippen LogP contribution is 2.32. The molecule has 1 fully saturated rings. The number of aliphatic hydroxyl groups is 1. The van der Waals surface area contributed by atoms with Gasteiger partial charge in [0.05, 0.1) is 5.60 Å². The van der Waals surface area contributed by atoms with Crippen LogP contribution in [0.5, 0.6) is 0 Å². The van der Waals surface area contributed by atoms with Crippen LogP contribution >= 0.6 is 0 Å². The molecule has 1 aliphatic rings. The van der Waals surface area contributed by atoms with Crippen LogP contribution in [0, 0.1) is 12.7 Å². The van der Waals surface area contributed by atoms with Crippen LogP contribution < -0.4 is 0 Å². The summed E-state index contributed by atoms with van der Waals surface area (Å²) in [6.45, 7) is 2.28. The molecule has 3 rings (SSSR count). The molecule has 3 nitrogen and oxygen atoms in total. The van der Waals surface area contributed by atoms with Crippen LogP contribution in [0.1, 0.15) is 48.0 Å². The van der Waals surface area contributed by atoms with Crippen molar-refractivity contribution in [2.45, 2.75) is 44.6 Å². The zero-order valence-corrected chi connectivity index (χ0v) is 15.5. The third kappa shape index (κ3) is 4.13. The number of nitrogens with zero attached hydrogens (tertiary/aromatic N) is 1. The lowest BCUT2D eigenvalue weighted by Crippen LogP contribution is -2.34. The number of rotatable bonds is 5. The van der Waals surface area contributed by atoms with Crippen LogP contribution in [-0.2, 0) is 0 Å². The number of aryl methyl sites for hydroxylation is 1. The topological polar surface area (TPSA) is 40.5 Å². The second kappa shape index (κ2) is 7.58. The molecule has 0 bridgehead atoms. The maximum Gasteiger partial charge on any atom is 0.253 e. The van der Waals surface area contributed by atoms with Gasteiger partial charge in [-0.05, 0) is 61.1 Å². The molecule has 1 amide bonds. The molecule has 0 radical (unpaired) electrons. The second-order valence-corrected chi connectivity index (χ2v) is 7.45. The van der Waals surface area contributed by atoms with Crippen molar-refractivity contribution in [3.05, 3.63) is 59.4 Å². The maximum absolute atomic E-state index is 13.7. The first-order valence-electron chi connectivity index (χ1n) is 9.22. The first-order valence-corrected chi connectivity index (χ1v) is 9.22. The van der Waals surface area contributed by atoms with E-state index in [-0.39, 0.29) is 11.7 Å². The van der Waals surface area contributed by atoms with Gasteiger partial charge in [-0.25, -0.2) is 4.39 Å². The van der Waals surface area contributed by atoms with Gasteiger partial charge in [0.2, 0.25) is 0 Å². The summed E-state index contributed by atoms with van der Waals surface area (Å²) in [6, 6.07) is 12.4. The van der Waals surface area contributed by atoms with E-state index >= 15 is 0 Å². The summed E-state index contributed by atoms with van der Waals surface area (Å²) in [5.41, 5.74) is 2.29. The summed E-state index contributed by atoms with van der Waals surface area (Å²) >= 11 is 0. The SMILES string of the molecule is Cc1ccc(-c2ccc(C(=O)N(C)CCC3(O)CCCC3)cc2)cc1F. The third-order valence-corrected chi connectivity index (χ3v) is 5.43. The predicted molar refractivity (Wildman–Crippen MR) is 102 cm³/mol. The lowest BCUT2D eigenvalue weighted by atomic mass is 9.97. The minimum atomic E-state index is -0.603. The Morgan fingerprint density at radius 3 is 2.35 bits per heavy atom. The van der Waals surface area contributed by atoms with Crippen molar-refractivity contribution < 1.29 is 14.3 Å². The number of carbonyl (C=O) groups excluding carboxylic acids is 1. The van der Waals surface area contributed by atoms with Gasteiger partial charge in [-0.1, -0.05) is 37.1 Å². The first kappa shape index (κ1) is 18.6. The van der Waals surface area contributed by atoms with Crippen molar-refractivity contribution in [1.82, 2.24) is 4.90 Å². The van der Waals surface area contributed by atoms with Crippen molar-refractivity contribution in [3.63, 3.8) is 0 Å². The quantitative estimate of drug-likeness (QED) is 0.853. The van der Waals surface area contributed by atoms with Gasteiger partial charge in [-0.2, -0.15) is 0 Å². The molecule has 0 atom stereocenters. The van der Waals surface area contributed by atoms with E-state index in [1.54, 1.807) is 37.1 Å². The monoisotopic (exact) mass is 355 g/mol. The van der Waals surface area contributed by atoms with Gasteiger partial charge in [0, 0.05) is 19.2 Å². The lowest BCUT2D eigenvalue weighted by Gasteiger charge is -2.26. The molecular weight excluding hydrogens is 329 g/mol. The molecule has 0 aromatic heterocycles. The van der Waals surface area contributed by atoms with E-state index in [2.05, 4.69) is 0 Å². The largest absolute Gasteiger partial charge is 0.390 e. The van der Waals surface area contributed by atoms with E-state index in [1.165, 1.54) is 6.07 Å². The summed E-state index contributed by atoms with van der Waals surface area (Å²) < 4.78 is 13.7. The normalized spacial score (nSPS) is 15.8. The van der Waals surface area contributed by atoms with Crippen LogP contribution in [0.15, 0.2) is 42.5 Å². The molecule has 4 heteroatoms. The first-order chi connectivity index (χ1) is 12.4. The predicted octanol–water partition coefficient (Wildman–Crippen LogP) is 4.57. The van der Waals surface area contributed by atoms with Crippen LogP contribution in [0.3, 0.4) is 0 Å². The fourth-order valence-corrected chi connectivity index (χ4v) is 3.56. The maximum atomic E-state index is 13.7. The Hall–Kier alpha value is -2.20. The van der Waals surface area contributed by atoms with Gasteiger partial charge in [-0.3, -0.25) is 4.79 Å². The van der Waals surface area contributed by atoms with Crippen molar-refractivity contribution in [2.75, 3.05) is 13.6 Å². The highest BCUT2D eigenvalue weighted by molar-refractivity contribution is 5.94. The van der Waals surface area contributed by atoms with Crippen LogP contribution in [0.4, 0.5) is 4.39 Å². The minimum absolute atomic E-state index is 0.0618. The summed E-state index contributed by atoms with van der Waals surface area (Å²) in [5, 5.41) is 10.4. The molecule has 2 aromatic carbocycles. The van der Waals surface area contributed by atoms with E-state index in [9.17, 15) is 14.3 Å². The summed E-state index contributed by atoms with van der Waals surface area (Å²) in [7, 11) is 1.77. The molecule has 0 saturated heterocycles. The number of hydrogen-bond donors (Lipinski definition) is 1. The summed E-state index contributed by atoms with van der Waals surface area (Å²) in [5.74, 6) is -0.291. The average Bonchev–Trinajstić information content (AvgIpc) is 3.08. The Balaban J connectivity index is 1.65. The standard InChI is InChI=1S/C22H26FNO2/c1-16-5-6-19(15-20(16)23)17-7-9-18(10-8-17)21(25)24(2)14-13-22(26)11-3-4-12-22/h5-10,15,26H,3-4,11-14H2,1-2H3. The minimum Gasteiger partial charge on any atom is -0.390 e. The Morgan fingerprint density at radius 1 is 1.12 bits per heavy atom. The summed E-state index contributed by atoms with van der Waals surface area (Å²) in [6.07, 6.45) is 4.41. The Labute approximate surface area is 154 Å². The van der Waals surface area contributed by atoms with Gasteiger partial charge in [0.25, 0.3) is 5.91 Å². The van der Waals surface area contributed by atoms with Gasteiger partial charge >= 0.3 is 0 Å². The van der Waals surface area contributed by atoms with Gasteiger partial charge in [0.1, 0.15) is 5.82 Å². The fraction of sp³-hybridized carbons (Fsp3) is 0.409. The molecule has 2 aromatic rings. The van der Waals surface area contributed by atoms with Crippen LogP contribution in [-0.4, -0.2) is 35.1 Å². The van der Waals surface area contributed by atoms with E-state index in [1.807, 2.05) is 18.2 Å². The van der Waals surface area contributed by atoms with Crippen molar-refractivity contribution in [3.8, 4) is 11.1 Å². The van der Waals surface area contributed by atoms with E-state index in [0.29, 0.717) is 24.1 Å². The molecule has 1 N–H and O–H groups in total. The number of carbonyl (C=O) groups is 1. The zero-order chi connectivity index (χ0) is 18.7. The molecule has 0 aliphatic heterocycles.